The molecule has 2 heterocycles. The van der Waals surface area contributed by atoms with Gasteiger partial charge in [0.15, 0.2) is 0 Å². The maximum absolute atomic E-state index is 11.7. The molecule has 0 bridgehead atoms. The van der Waals surface area contributed by atoms with E-state index in [1.165, 1.54) is 40.7 Å². The summed E-state index contributed by atoms with van der Waals surface area (Å²) >= 11 is 0. The molecule has 190 valence electrons. The fourth-order valence-electron chi connectivity index (χ4n) is 7.26. The Morgan fingerprint density at radius 1 is 1.11 bits per heavy atom. The van der Waals surface area contributed by atoms with E-state index < -0.39 is 0 Å². The molecular formula is C33H42N2O. The van der Waals surface area contributed by atoms with Gasteiger partial charge in [-0.15, -0.1) is 0 Å². The highest BCUT2D eigenvalue weighted by atomic mass is 16.1. The van der Waals surface area contributed by atoms with Crippen molar-refractivity contribution in [3.63, 3.8) is 0 Å². The Balaban J connectivity index is 1.37. The first-order valence-electron chi connectivity index (χ1n) is 13.9. The van der Waals surface area contributed by atoms with E-state index >= 15 is 0 Å². The standard InChI is InChI=1S/C33H42N2O/c1-19-15-30-32(35-19)28-10-8-9-27(29(28)18-34-30)23-11-13-24(14-12-23)31(33(5,6)7)21(3)20(2)25-16-26(17-25)22(4)36/h11-15,18,21,25-27,31-32H,2,8-10,16-17H2,1,3-7H3/t21?,25?,26?,27?,31-,32?/m0/s1. The van der Waals surface area contributed by atoms with E-state index in [4.69, 9.17) is 9.98 Å². The maximum Gasteiger partial charge on any atom is 0.132 e. The number of carbonyl (C=O) groups excluding carboxylic acids is 1. The molecule has 2 aliphatic carbocycles. The number of allylic oxidation sites excluding steroid dienone is 3. The van der Waals surface area contributed by atoms with Crippen molar-refractivity contribution in [1.82, 2.24) is 0 Å². The highest BCUT2D eigenvalue weighted by Gasteiger charge is 2.40. The number of ketones is 1. The normalized spacial score (nSPS) is 28.9. The molecule has 2 aliphatic heterocycles. The van der Waals surface area contributed by atoms with Gasteiger partial charge in [0.2, 0.25) is 0 Å². The molecule has 0 amide bonds. The number of carbonyl (C=O) groups is 1. The maximum atomic E-state index is 11.7. The van der Waals surface area contributed by atoms with Gasteiger partial charge in [-0.25, -0.2) is 0 Å². The molecule has 4 aliphatic rings. The monoisotopic (exact) mass is 482 g/mol. The molecule has 0 spiro atoms. The zero-order valence-corrected chi connectivity index (χ0v) is 23.0. The average Bonchev–Trinajstić information content (AvgIpc) is 3.17. The van der Waals surface area contributed by atoms with Gasteiger partial charge in [0, 0.05) is 23.8 Å². The second-order valence-electron chi connectivity index (χ2n) is 12.8. The summed E-state index contributed by atoms with van der Waals surface area (Å²) < 4.78 is 0. The molecule has 0 aromatic heterocycles. The van der Waals surface area contributed by atoms with Crippen LogP contribution >= 0.6 is 0 Å². The summed E-state index contributed by atoms with van der Waals surface area (Å²) in [5, 5.41) is 0. The Hall–Kier alpha value is -2.55. The summed E-state index contributed by atoms with van der Waals surface area (Å²) in [6, 6.07) is 9.61. The van der Waals surface area contributed by atoms with Crippen LogP contribution < -0.4 is 0 Å². The number of dihydropyridines is 1. The molecule has 36 heavy (non-hydrogen) atoms. The zero-order chi connectivity index (χ0) is 25.8. The molecule has 4 atom stereocenters. The molecule has 1 aromatic carbocycles. The van der Waals surface area contributed by atoms with Crippen molar-refractivity contribution in [3.05, 3.63) is 70.5 Å². The van der Waals surface area contributed by atoms with Crippen molar-refractivity contribution in [2.24, 2.45) is 33.2 Å². The average molecular weight is 483 g/mol. The quantitative estimate of drug-likeness (QED) is 0.379. The Morgan fingerprint density at radius 2 is 1.81 bits per heavy atom. The first kappa shape index (κ1) is 25.1. The minimum Gasteiger partial charge on any atom is -0.300 e. The Kier molecular flexibility index (Phi) is 6.55. The van der Waals surface area contributed by atoms with E-state index in [9.17, 15) is 4.79 Å². The Labute approximate surface area is 217 Å². The third-order valence-corrected chi connectivity index (χ3v) is 9.29. The lowest BCUT2D eigenvalue weighted by Crippen LogP contribution is -2.34. The zero-order valence-electron chi connectivity index (χ0n) is 23.0. The minimum absolute atomic E-state index is 0.116. The number of fused-ring (bicyclic) bond motifs is 2. The van der Waals surface area contributed by atoms with Gasteiger partial charge in [-0.1, -0.05) is 64.1 Å². The lowest BCUT2D eigenvalue weighted by Gasteiger charge is -2.43. The van der Waals surface area contributed by atoms with Crippen molar-refractivity contribution in [1.29, 1.82) is 0 Å². The summed E-state index contributed by atoms with van der Waals surface area (Å²) in [6.07, 6.45) is 9.74. The van der Waals surface area contributed by atoms with Crippen LogP contribution in [0.3, 0.4) is 0 Å². The van der Waals surface area contributed by atoms with Crippen LogP contribution in [-0.4, -0.2) is 23.8 Å². The highest BCUT2D eigenvalue weighted by molar-refractivity contribution is 5.98. The first-order valence-corrected chi connectivity index (χ1v) is 13.9. The Bertz CT molecular complexity index is 1180. The predicted octanol–water partition coefficient (Wildman–Crippen LogP) is 8.00. The number of aliphatic imine (C=N–C) groups is 2. The van der Waals surface area contributed by atoms with Crippen LogP contribution in [0.25, 0.3) is 0 Å². The van der Waals surface area contributed by atoms with Gasteiger partial charge in [0.1, 0.15) is 11.8 Å². The molecule has 3 nitrogen and oxygen atoms in total. The van der Waals surface area contributed by atoms with Crippen LogP contribution in [0.4, 0.5) is 0 Å². The predicted molar refractivity (Wildman–Crippen MR) is 151 cm³/mol. The summed E-state index contributed by atoms with van der Waals surface area (Å²) in [5.41, 5.74) is 9.32. The van der Waals surface area contributed by atoms with E-state index in [0.717, 1.165) is 30.7 Å². The SMILES string of the molecule is C=C(C1CC(C(C)=O)C1)C(C)[C@@H](c1ccc(C2CCCC3=C2C=NC2=CC(C)=NC23)cc1)C(C)(C)C. The Morgan fingerprint density at radius 3 is 2.44 bits per heavy atom. The summed E-state index contributed by atoms with van der Waals surface area (Å²) in [5.74, 6) is 2.23. The fourth-order valence-corrected chi connectivity index (χ4v) is 7.26. The number of nitrogens with zero attached hydrogens (tertiary/aromatic N) is 2. The lowest BCUT2D eigenvalue weighted by atomic mass is 9.61. The van der Waals surface area contributed by atoms with Crippen LogP contribution in [0, 0.1) is 23.2 Å². The van der Waals surface area contributed by atoms with Gasteiger partial charge in [-0.05, 0) is 97.5 Å². The summed E-state index contributed by atoms with van der Waals surface area (Å²) in [6.45, 7) is 17.7. The van der Waals surface area contributed by atoms with E-state index in [2.05, 4.69) is 77.8 Å². The number of hydrogen-bond donors (Lipinski definition) is 0. The molecule has 5 rings (SSSR count). The molecule has 3 heteroatoms. The third kappa shape index (κ3) is 4.51. The molecule has 1 saturated carbocycles. The molecule has 0 N–H and O–H groups in total. The summed E-state index contributed by atoms with van der Waals surface area (Å²) in [7, 11) is 0. The topological polar surface area (TPSA) is 41.8 Å². The van der Waals surface area contributed by atoms with Crippen LogP contribution in [0.1, 0.15) is 96.6 Å². The molecular weight excluding hydrogens is 440 g/mol. The summed E-state index contributed by atoms with van der Waals surface area (Å²) in [4.78, 5) is 21.4. The molecule has 1 fully saturated rings. The van der Waals surface area contributed by atoms with Gasteiger partial charge < -0.3 is 0 Å². The van der Waals surface area contributed by atoms with Crippen LogP contribution in [-0.2, 0) is 4.79 Å². The van der Waals surface area contributed by atoms with E-state index in [1.54, 1.807) is 6.92 Å². The molecule has 1 aromatic rings. The van der Waals surface area contributed by atoms with Gasteiger partial charge in [0.25, 0.3) is 0 Å². The molecule has 0 radical (unpaired) electrons. The highest BCUT2D eigenvalue weighted by Crippen LogP contribution is 2.50. The first-order chi connectivity index (χ1) is 17.0. The molecule has 0 saturated heterocycles. The van der Waals surface area contributed by atoms with Crippen LogP contribution in [0.5, 0.6) is 0 Å². The van der Waals surface area contributed by atoms with E-state index in [1.807, 2.05) is 0 Å². The van der Waals surface area contributed by atoms with Crippen molar-refractivity contribution in [3.8, 4) is 0 Å². The van der Waals surface area contributed by atoms with Crippen LogP contribution in [0.2, 0.25) is 0 Å². The van der Waals surface area contributed by atoms with Crippen molar-refractivity contribution >= 4 is 17.7 Å². The number of rotatable bonds is 6. The third-order valence-electron chi connectivity index (χ3n) is 9.29. The van der Waals surface area contributed by atoms with Crippen LogP contribution in [0.15, 0.2) is 69.3 Å². The number of benzene rings is 1. The van der Waals surface area contributed by atoms with Gasteiger partial charge in [0.05, 0.1) is 5.70 Å². The number of hydrogen-bond acceptors (Lipinski definition) is 3. The van der Waals surface area contributed by atoms with E-state index in [-0.39, 0.29) is 17.4 Å². The largest absolute Gasteiger partial charge is 0.300 e. The van der Waals surface area contributed by atoms with Crippen molar-refractivity contribution in [2.75, 3.05) is 0 Å². The van der Waals surface area contributed by atoms with Gasteiger partial charge in [-0.2, -0.15) is 0 Å². The van der Waals surface area contributed by atoms with Gasteiger partial charge in [-0.3, -0.25) is 14.8 Å². The second-order valence-corrected chi connectivity index (χ2v) is 12.8. The van der Waals surface area contributed by atoms with Crippen molar-refractivity contribution < 1.29 is 4.79 Å². The smallest absolute Gasteiger partial charge is 0.132 e. The number of Topliss-reactive ketones (excluding diaryl/α,β-unsaturated/α-hetero) is 1. The van der Waals surface area contributed by atoms with Gasteiger partial charge >= 0.3 is 0 Å². The lowest BCUT2D eigenvalue weighted by molar-refractivity contribution is -0.124. The van der Waals surface area contributed by atoms with E-state index in [0.29, 0.717) is 29.5 Å². The molecule has 3 unspecified atom stereocenters. The second kappa shape index (κ2) is 9.39. The fraction of sp³-hybridized carbons (Fsp3) is 0.545. The minimum atomic E-state index is 0.116. The van der Waals surface area contributed by atoms with Crippen molar-refractivity contribution in [2.45, 2.75) is 91.5 Å².